The standard InChI is InChI=1S/C14H21NO3/c1-11(2)15(7-8-16)14(17)10-18-13-6-4-5-12(3)9-13/h4-6,9,11,16H,7-8,10H2,1-3H3. The van der Waals surface area contributed by atoms with Crippen molar-refractivity contribution in [1.82, 2.24) is 4.90 Å². The number of amides is 1. The van der Waals surface area contributed by atoms with Gasteiger partial charge in [-0.15, -0.1) is 0 Å². The van der Waals surface area contributed by atoms with Crippen LogP contribution >= 0.6 is 0 Å². The van der Waals surface area contributed by atoms with Crippen LogP contribution in [0.1, 0.15) is 19.4 Å². The van der Waals surface area contributed by atoms with Gasteiger partial charge in [-0.05, 0) is 38.5 Å². The molecule has 4 heteroatoms. The summed E-state index contributed by atoms with van der Waals surface area (Å²) in [7, 11) is 0. The van der Waals surface area contributed by atoms with Crippen LogP contribution in [0.2, 0.25) is 0 Å². The maximum Gasteiger partial charge on any atom is 0.260 e. The topological polar surface area (TPSA) is 49.8 Å². The molecule has 0 radical (unpaired) electrons. The highest BCUT2D eigenvalue weighted by Crippen LogP contribution is 2.12. The summed E-state index contributed by atoms with van der Waals surface area (Å²) in [6.07, 6.45) is 0. The van der Waals surface area contributed by atoms with E-state index in [9.17, 15) is 4.79 Å². The van der Waals surface area contributed by atoms with Gasteiger partial charge in [0.1, 0.15) is 5.75 Å². The summed E-state index contributed by atoms with van der Waals surface area (Å²) >= 11 is 0. The fourth-order valence-electron chi connectivity index (χ4n) is 1.71. The number of hydrogen-bond donors (Lipinski definition) is 1. The zero-order valence-electron chi connectivity index (χ0n) is 11.2. The average Bonchev–Trinajstić information content (AvgIpc) is 2.32. The second-order valence-corrected chi connectivity index (χ2v) is 4.51. The number of carbonyl (C=O) groups is 1. The monoisotopic (exact) mass is 251 g/mol. The zero-order valence-corrected chi connectivity index (χ0v) is 11.2. The quantitative estimate of drug-likeness (QED) is 0.835. The van der Waals surface area contributed by atoms with Gasteiger partial charge in [-0.3, -0.25) is 4.79 Å². The van der Waals surface area contributed by atoms with Gasteiger partial charge in [-0.25, -0.2) is 0 Å². The van der Waals surface area contributed by atoms with Crippen LogP contribution < -0.4 is 4.74 Å². The van der Waals surface area contributed by atoms with Crippen LogP contribution in [0.5, 0.6) is 5.75 Å². The minimum absolute atomic E-state index is 0.00162. The number of ether oxygens (including phenoxy) is 1. The van der Waals surface area contributed by atoms with E-state index in [4.69, 9.17) is 9.84 Å². The van der Waals surface area contributed by atoms with E-state index in [-0.39, 0.29) is 25.2 Å². The second kappa shape index (κ2) is 7.01. The van der Waals surface area contributed by atoms with Crippen molar-refractivity contribution in [1.29, 1.82) is 0 Å². The second-order valence-electron chi connectivity index (χ2n) is 4.51. The first-order chi connectivity index (χ1) is 8.54. The Balaban J connectivity index is 2.54. The van der Waals surface area contributed by atoms with E-state index in [0.29, 0.717) is 12.3 Å². The van der Waals surface area contributed by atoms with Crippen LogP contribution in [-0.2, 0) is 4.79 Å². The third kappa shape index (κ3) is 4.37. The highest BCUT2D eigenvalue weighted by atomic mass is 16.5. The smallest absolute Gasteiger partial charge is 0.260 e. The van der Waals surface area contributed by atoms with Gasteiger partial charge in [0, 0.05) is 12.6 Å². The van der Waals surface area contributed by atoms with Crippen LogP contribution in [0.25, 0.3) is 0 Å². The Morgan fingerprint density at radius 1 is 1.44 bits per heavy atom. The molecule has 0 saturated heterocycles. The molecule has 0 aliphatic heterocycles. The molecule has 18 heavy (non-hydrogen) atoms. The highest BCUT2D eigenvalue weighted by molar-refractivity contribution is 5.78. The van der Waals surface area contributed by atoms with E-state index in [1.165, 1.54) is 0 Å². The molecule has 1 N–H and O–H groups in total. The molecule has 0 fully saturated rings. The van der Waals surface area contributed by atoms with Gasteiger partial charge in [-0.1, -0.05) is 12.1 Å². The van der Waals surface area contributed by atoms with Crippen LogP contribution in [0.15, 0.2) is 24.3 Å². The normalized spacial score (nSPS) is 10.5. The van der Waals surface area contributed by atoms with Crippen LogP contribution in [0.4, 0.5) is 0 Å². The van der Waals surface area contributed by atoms with E-state index in [0.717, 1.165) is 5.56 Å². The largest absolute Gasteiger partial charge is 0.484 e. The van der Waals surface area contributed by atoms with Gasteiger partial charge < -0.3 is 14.7 Å². The van der Waals surface area contributed by atoms with Crippen molar-refractivity contribution >= 4 is 5.91 Å². The molecule has 0 heterocycles. The molecule has 0 aliphatic rings. The van der Waals surface area contributed by atoms with Crippen LogP contribution in [0.3, 0.4) is 0 Å². The predicted molar refractivity (Wildman–Crippen MR) is 70.6 cm³/mol. The molecular formula is C14H21NO3. The van der Waals surface area contributed by atoms with E-state index in [2.05, 4.69) is 0 Å². The van der Waals surface area contributed by atoms with Crippen molar-refractivity contribution in [2.75, 3.05) is 19.8 Å². The number of nitrogens with zero attached hydrogens (tertiary/aromatic N) is 1. The summed E-state index contributed by atoms with van der Waals surface area (Å²) in [5.74, 6) is 0.580. The minimum Gasteiger partial charge on any atom is -0.484 e. The Bertz CT molecular complexity index is 390. The molecule has 0 unspecified atom stereocenters. The number of benzene rings is 1. The van der Waals surface area contributed by atoms with Crippen LogP contribution in [-0.4, -0.2) is 41.7 Å². The van der Waals surface area contributed by atoms with Crippen molar-refractivity contribution in [2.45, 2.75) is 26.8 Å². The van der Waals surface area contributed by atoms with Gasteiger partial charge in [0.05, 0.1) is 6.61 Å². The number of carbonyl (C=O) groups excluding carboxylic acids is 1. The Morgan fingerprint density at radius 3 is 2.72 bits per heavy atom. The fourth-order valence-corrected chi connectivity index (χ4v) is 1.71. The van der Waals surface area contributed by atoms with E-state index in [1.807, 2.05) is 45.0 Å². The maximum absolute atomic E-state index is 11.9. The van der Waals surface area contributed by atoms with Gasteiger partial charge in [0.25, 0.3) is 5.91 Å². The number of aliphatic hydroxyl groups is 1. The van der Waals surface area contributed by atoms with Crippen molar-refractivity contribution in [2.24, 2.45) is 0 Å². The summed E-state index contributed by atoms with van der Waals surface area (Å²) in [6.45, 7) is 6.12. The molecule has 0 saturated carbocycles. The molecule has 1 amide bonds. The first kappa shape index (κ1) is 14.5. The predicted octanol–water partition coefficient (Wildman–Crippen LogP) is 1.60. The molecule has 100 valence electrons. The summed E-state index contributed by atoms with van der Waals surface area (Å²) < 4.78 is 5.45. The molecule has 1 rings (SSSR count). The Kier molecular flexibility index (Phi) is 5.65. The third-order valence-electron chi connectivity index (χ3n) is 2.64. The van der Waals surface area contributed by atoms with Crippen molar-refractivity contribution < 1.29 is 14.6 Å². The Labute approximate surface area is 108 Å². The van der Waals surface area contributed by atoms with Crippen molar-refractivity contribution in [3.05, 3.63) is 29.8 Å². The van der Waals surface area contributed by atoms with Gasteiger partial charge in [0.2, 0.25) is 0 Å². The van der Waals surface area contributed by atoms with Gasteiger partial charge >= 0.3 is 0 Å². The lowest BCUT2D eigenvalue weighted by Crippen LogP contribution is -2.41. The highest BCUT2D eigenvalue weighted by Gasteiger charge is 2.16. The number of hydrogen-bond acceptors (Lipinski definition) is 3. The zero-order chi connectivity index (χ0) is 13.5. The Hall–Kier alpha value is -1.55. The number of aliphatic hydroxyl groups excluding tert-OH is 1. The summed E-state index contributed by atoms with van der Waals surface area (Å²) in [5, 5.41) is 8.92. The van der Waals surface area contributed by atoms with E-state index >= 15 is 0 Å². The Morgan fingerprint density at radius 2 is 2.17 bits per heavy atom. The summed E-state index contributed by atoms with van der Waals surface area (Å²) in [4.78, 5) is 13.5. The molecular weight excluding hydrogens is 230 g/mol. The van der Waals surface area contributed by atoms with E-state index in [1.54, 1.807) is 4.90 Å². The molecule has 1 aromatic carbocycles. The summed E-state index contributed by atoms with van der Waals surface area (Å²) in [5.41, 5.74) is 1.09. The van der Waals surface area contributed by atoms with Crippen molar-refractivity contribution in [3.8, 4) is 5.75 Å². The number of rotatable bonds is 6. The first-order valence-corrected chi connectivity index (χ1v) is 6.14. The lowest BCUT2D eigenvalue weighted by atomic mass is 10.2. The first-order valence-electron chi connectivity index (χ1n) is 6.14. The molecule has 0 spiro atoms. The van der Waals surface area contributed by atoms with E-state index < -0.39 is 0 Å². The molecule has 4 nitrogen and oxygen atoms in total. The average molecular weight is 251 g/mol. The molecule has 0 aromatic heterocycles. The fraction of sp³-hybridized carbons (Fsp3) is 0.500. The van der Waals surface area contributed by atoms with Crippen LogP contribution in [0, 0.1) is 6.92 Å². The SMILES string of the molecule is Cc1cccc(OCC(=O)N(CCO)C(C)C)c1. The van der Waals surface area contributed by atoms with Crippen molar-refractivity contribution in [3.63, 3.8) is 0 Å². The van der Waals surface area contributed by atoms with Gasteiger partial charge in [0.15, 0.2) is 6.61 Å². The lowest BCUT2D eigenvalue weighted by Gasteiger charge is -2.25. The summed E-state index contributed by atoms with van der Waals surface area (Å²) in [6, 6.07) is 7.64. The molecule has 0 bridgehead atoms. The number of aryl methyl sites for hydroxylation is 1. The minimum atomic E-state index is -0.111. The molecule has 0 atom stereocenters. The maximum atomic E-state index is 11.9. The van der Waals surface area contributed by atoms with Gasteiger partial charge in [-0.2, -0.15) is 0 Å². The molecule has 0 aliphatic carbocycles. The third-order valence-corrected chi connectivity index (χ3v) is 2.64. The lowest BCUT2D eigenvalue weighted by molar-refractivity contribution is -0.135. The molecule has 1 aromatic rings.